The van der Waals surface area contributed by atoms with Gasteiger partial charge in [0.1, 0.15) is 11.3 Å². The molecule has 3 heteroatoms. The Kier molecular flexibility index (Phi) is 1.91. The topological polar surface area (TPSA) is 48.1 Å². The molecule has 1 aromatic heterocycles. The lowest BCUT2D eigenvalue weighted by Crippen LogP contribution is -2.19. The summed E-state index contributed by atoms with van der Waals surface area (Å²) in [7, 11) is 1.67. The van der Waals surface area contributed by atoms with E-state index in [0.29, 0.717) is 0 Å². The standard InChI is InChI=1S/C13H14N2O/c1-16-11-4-2-3-9-10(13(14)6-7-13)5-8-15-12(9)11/h2-5,8H,6-7,14H2,1H3. The normalized spacial score (nSPS) is 17.4. The molecule has 3 nitrogen and oxygen atoms in total. The van der Waals surface area contributed by atoms with Crippen LogP contribution in [0, 0.1) is 0 Å². The second-order valence-corrected chi connectivity index (χ2v) is 4.37. The lowest BCUT2D eigenvalue weighted by molar-refractivity contribution is 0.419. The minimum atomic E-state index is -0.131. The Balaban J connectivity index is 2.31. The molecule has 82 valence electrons. The van der Waals surface area contributed by atoms with Crippen molar-refractivity contribution in [1.82, 2.24) is 4.98 Å². The van der Waals surface area contributed by atoms with Gasteiger partial charge in [0.25, 0.3) is 0 Å². The number of hydrogen-bond donors (Lipinski definition) is 1. The first-order valence-corrected chi connectivity index (χ1v) is 5.46. The monoisotopic (exact) mass is 214 g/mol. The number of ether oxygens (including phenoxy) is 1. The van der Waals surface area contributed by atoms with Gasteiger partial charge in [0, 0.05) is 17.1 Å². The number of nitrogens with zero attached hydrogens (tertiary/aromatic N) is 1. The number of pyridine rings is 1. The molecular formula is C13H14N2O. The van der Waals surface area contributed by atoms with Crippen molar-refractivity contribution in [2.24, 2.45) is 5.73 Å². The summed E-state index contributed by atoms with van der Waals surface area (Å²) in [4.78, 5) is 4.37. The molecule has 0 radical (unpaired) electrons. The second kappa shape index (κ2) is 3.19. The maximum absolute atomic E-state index is 6.26. The summed E-state index contributed by atoms with van der Waals surface area (Å²) in [5.41, 5.74) is 8.22. The van der Waals surface area contributed by atoms with Gasteiger partial charge >= 0.3 is 0 Å². The van der Waals surface area contributed by atoms with Crippen molar-refractivity contribution in [2.45, 2.75) is 18.4 Å². The number of benzene rings is 1. The maximum Gasteiger partial charge on any atom is 0.145 e. The van der Waals surface area contributed by atoms with Crippen molar-refractivity contribution < 1.29 is 4.74 Å². The summed E-state index contributed by atoms with van der Waals surface area (Å²) in [6.07, 6.45) is 3.93. The highest BCUT2D eigenvalue weighted by Crippen LogP contribution is 2.45. The van der Waals surface area contributed by atoms with Crippen LogP contribution >= 0.6 is 0 Å². The molecule has 3 rings (SSSR count). The molecule has 16 heavy (non-hydrogen) atoms. The van der Waals surface area contributed by atoms with Crippen LogP contribution in [-0.4, -0.2) is 12.1 Å². The zero-order valence-electron chi connectivity index (χ0n) is 9.23. The number of aromatic nitrogens is 1. The first-order valence-electron chi connectivity index (χ1n) is 5.46. The molecule has 0 unspecified atom stereocenters. The third-order valence-electron chi connectivity index (χ3n) is 3.28. The average Bonchev–Trinajstić information content (AvgIpc) is 3.07. The van der Waals surface area contributed by atoms with Crippen LogP contribution in [0.3, 0.4) is 0 Å². The molecule has 0 spiro atoms. The van der Waals surface area contributed by atoms with Crippen LogP contribution in [0.15, 0.2) is 30.5 Å². The SMILES string of the molecule is COc1cccc2c(C3(N)CC3)ccnc12. The Labute approximate surface area is 94.2 Å². The number of nitrogens with two attached hydrogens (primary N) is 1. The third-order valence-corrected chi connectivity index (χ3v) is 3.28. The van der Waals surface area contributed by atoms with E-state index in [0.717, 1.165) is 29.5 Å². The number of rotatable bonds is 2. The van der Waals surface area contributed by atoms with Crippen LogP contribution in [-0.2, 0) is 5.54 Å². The number of hydrogen-bond acceptors (Lipinski definition) is 3. The van der Waals surface area contributed by atoms with E-state index in [2.05, 4.69) is 11.1 Å². The molecule has 1 aliphatic carbocycles. The highest BCUT2D eigenvalue weighted by Gasteiger charge is 2.41. The van der Waals surface area contributed by atoms with Gasteiger partial charge in [-0.2, -0.15) is 0 Å². The van der Waals surface area contributed by atoms with Gasteiger partial charge in [0.2, 0.25) is 0 Å². The van der Waals surface area contributed by atoms with Gasteiger partial charge < -0.3 is 10.5 Å². The molecule has 2 N–H and O–H groups in total. The minimum Gasteiger partial charge on any atom is -0.494 e. The third kappa shape index (κ3) is 1.28. The molecule has 1 fully saturated rings. The fraction of sp³-hybridized carbons (Fsp3) is 0.308. The van der Waals surface area contributed by atoms with Gasteiger partial charge in [0.05, 0.1) is 7.11 Å². The molecular weight excluding hydrogens is 200 g/mol. The molecule has 1 aliphatic rings. The van der Waals surface area contributed by atoms with Gasteiger partial charge in [-0.15, -0.1) is 0 Å². The summed E-state index contributed by atoms with van der Waals surface area (Å²) in [6.45, 7) is 0. The van der Waals surface area contributed by atoms with Crippen molar-refractivity contribution in [1.29, 1.82) is 0 Å². The van der Waals surface area contributed by atoms with Crippen LogP contribution in [0.25, 0.3) is 10.9 Å². The summed E-state index contributed by atoms with van der Waals surface area (Å²) < 4.78 is 5.31. The van der Waals surface area contributed by atoms with Crippen molar-refractivity contribution in [3.8, 4) is 5.75 Å². The van der Waals surface area contributed by atoms with E-state index in [9.17, 15) is 0 Å². The van der Waals surface area contributed by atoms with Crippen molar-refractivity contribution in [3.05, 3.63) is 36.0 Å². The quantitative estimate of drug-likeness (QED) is 0.833. The Morgan fingerprint density at radius 3 is 2.81 bits per heavy atom. The molecule has 0 bridgehead atoms. The van der Waals surface area contributed by atoms with E-state index in [1.807, 2.05) is 24.4 Å². The molecule has 0 aliphatic heterocycles. The van der Waals surface area contributed by atoms with Gasteiger partial charge in [0.15, 0.2) is 0 Å². The summed E-state index contributed by atoms with van der Waals surface area (Å²) in [5, 5.41) is 1.11. The number of methoxy groups -OCH3 is 1. The number of para-hydroxylation sites is 1. The van der Waals surface area contributed by atoms with E-state index < -0.39 is 0 Å². The highest BCUT2D eigenvalue weighted by molar-refractivity contribution is 5.88. The zero-order valence-corrected chi connectivity index (χ0v) is 9.23. The molecule has 0 atom stereocenters. The molecule has 0 amide bonds. The van der Waals surface area contributed by atoms with Gasteiger partial charge in [-0.25, -0.2) is 0 Å². The molecule has 1 aromatic carbocycles. The Bertz CT molecular complexity index is 547. The smallest absolute Gasteiger partial charge is 0.145 e. The summed E-state index contributed by atoms with van der Waals surface area (Å²) in [6, 6.07) is 8.00. The van der Waals surface area contributed by atoms with Gasteiger partial charge in [-0.05, 0) is 30.5 Å². The predicted octanol–water partition coefficient (Wildman–Crippen LogP) is 2.19. The highest BCUT2D eigenvalue weighted by atomic mass is 16.5. The predicted molar refractivity (Wildman–Crippen MR) is 63.4 cm³/mol. The fourth-order valence-electron chi connectivity index (χ4n) is 2.15. The molecule has 0 saturated heterocycles. The minimum absolute atomic E-state index is 0.131. The van der Waals surface area contributed by atoms with Crippen LogP contribution < -0.4 is 10.5 Å². The summed E-state index contributed by atoms with van der Waals surface area (Å²) >= 11 is 0. The van der Waals surface area contributed by atoms with Gasteiger partial charge in [-0.3, -0.25) is 4.98 Å². The first-order chi connectivity index (χ1) is 7.74. The lowest BCUT2D eigenvalue weighted by Gasteiger charge is -2.13. The van der Waals surface area contributed by atoms with E-state index >= 15 is 0 Å². The van der Waals surface area contributed by atoms with Crippen molar-refractivity contribution in [2.75, 3.05) is 7.11 Å². The second-order valence-electron chi connectivity index (χ2n) is 4.37. The van der Waals surface area contributed by atoms with Crippen molar-refractivity contribution >= 4 is 10.9 Å². The summed E-state index contributed by atoms with van der Waals surface area (Å²) in [5.74, 6) is 0.809. The molecule has 1 saturated carbocycles. The van der Waals surface area contributed by atoms with Crippen LogP contribution in [0.4, 0.5) is 0 Å². The number of fused-ring (bicyclic) bond motifs is 1. The Morgan fingerprint density at radius 2 is 2.12 bits per heavy atom. The fourth-order valence-corrected chi connectivity index (χ4v) is 2.15. The lowest BCUT2D eigenvalue weighted by atomic mass is 10.0. The Hall–Kier alpha value is -1.61. The average molecular weight is 214 g/mol. The molecule has 2 aromatic rings. The van der Waals surface area contributed by atoms with Gasteiger partial charge in [-0.1, -0.05) is 12.1 Å². The van der Waals surface area contributed by atoms with E-state index in [1.165, 1.54) is 5.56 Å². The van der Waals surface area contributed by atoms with Crippen molar-refractivity contribution in [3.63, 3.8) is 0 Å². The first kappa shape index (κ1) is 9.60. The van der Waals surface area contributed by atoms with E-state index in [1.54, 1.807) is 7.11 Å². The maximum atomic E-state index is 6.26. The van der Waals surface area contributed by atoms with Crippen LogP contribution in [0.5, 0.6) is 5.75 Å². The van der Waals surface area contributed by atoms with Crippen LogP contribution in [0.2, 0.25) is 0 Å². The zero-order chi connectivity index (χ0) is 11.2. The van der Waals surface area contributed by atoms with Crippen LogP contribution in [0.1, 0.15) is 18.4 Å². The van der Waals surface area contributed by atoms with E-state index in [4.69, 9.17) is 10.5 Å². The van der Waals surface area contributed by atoms with E-state index in [-0.39, 0.29) is 5.54 Å². The largest absolute Gasteiger partial charge is 0.494 e. The Morgan fingerprint density at radius 1 is 1.31 bits per heavy atom. The molecule has 1 heterocycles.